The molecule has 5 heteroatoms. The number of rotatable bonds is 2. The number of aromatic amines is 1. The Balaban J connectivity index is 2.22. The lowest BCUT2D eigenvalue weighted by Gasteiger charge is -2.08. The monoisotopic (exact) mass is 317 g/mol. The molecular formula is C16H13Cl2N3. The van der Waals surface area contributed by atoms with E-state index in [9.17, 15) is 0 Å². The first-order valence-corrected chi connectivity index (χ1v) is 7.19. The second-order valence-electron chi connectivity index (χ2n) is 4.83. The maximum atomic E-state index is 6.30. The van der Waals surface area contributed by atoms with Gasteiger partial charge in [0.15, 0.2) is 5.82 Å². The summed E-state index contributed by atoms with van der Waals surface area (Å²) in [6.07, 6.45) is 0. The van der Waals surface area contributed by atoms with Gasteiger partial charge in [-0.1, -0.05) is 65.2 Å². The topological polar surface area (TPSA) is 54.7 Å². The second-order valence-corrected chi connectivity index (χ2v) is 5.61. The average molecular weight is 318 g/mol. The van der Waals surface area contributed by atoms with Crippen LogP contribution in [0.25, 0.3) is 22.4 Å². The van der Waals surface area contributed by atoms with E-state index >= 15 is 0 Å². The maximum Gasteiger partial charge on any atom is 0.153 e. The summed E-state index contributed by atoms with van der Waals surface area (Å²) in [6, 6.07) is 13.6. The van der Waals surface area contributed by atoms with Crippen molar-refractivity contribution >= 4 is 29.0 Å². The first kappa shape index (κ1) is 14.0. The molecule has 0 saturated heterocycles. The molecule has 3 rings (SSSR count). The Hall–Kier alpha value is -1.97. The van der Waals surface area contributed by atoms with E-state index in [1.54, 1.807) is 6.07 Å². The molecular weight excluding hydrogens is 305 g/mol. The number of anilines is 1. The summed E-state index contributed by atoms with van der Waals surface area (Å²) >= 11 is 12.4. The van der Waals surface area contributed by atoms with Crippen LogP contribution in [0.1, 0.15) is 5.56 Å². The van der Waals surface area contributed by atoms with Gasteiger partial charge < -0.3 is 5.73 Å². The molecule has 106 valence electrons. The number of hydrogen-bond donors (Lipinski definition) is 2. The van der Waals surface area contributed by atoms with Gasteiger partial charge in [0.05, 0.1) is 21.3 Å². The molecule has 0 spiro atoms. The van der Waals surface area contributed by atoms with Gasteiger partial charge in [-0.15, -0.1) is 0 Å². The smallest absolute Gasteiger partial charge is 0.153 e. The van der Waals surface area contributed by atoms with Gasteiger partial charge in [-0.05, 0) is 18.6 Å². The molecule has 1 heterocycles. The van der Waals surface area contributed by atoms with Gasteiger partial charge in [0.25, 0.3) is 0 Å². The molecule has 3 N–H and O–H groups in total. The summed E-state index contributed by atoms with van der Waals surface area (Å²) in [6.45, 7) is 2.04. The van der Waals surface area contributed by atoms with E-state index in [4.69, 9.17) is 28.9 Å². The first-order valence-electron chi connectivity index (χ1n) is 6.43. The normalized spacial score (nSPS) is 10.8. The third-order valence-corrected chi connectivity index (χ3v) is 4.17. The van der Waals surface area contributed by atoms with Crippen LogP contribution in [0, 0.1) is 6.92 Å². The molecule has 2 aromatic carbocycles. The van der Waals surface area contributed by atoms with Crippen molar-refractivity contribution in [1.29, 1.82) is 0 Å². The molecule has 0 unspecified atom stereocenters. The van der Waals surface area contributed by atoms with E-state index in [0.717, 1.165) is 22.4 Å². The Morgan fingerprint density at radius 2 is 1.76 bits per heavy atom. The van der Waals surface area contributed by atoms with E-state index in [1.165, 1.54) is 5.56 Å². The molecule has 0 aliphatic rings. The fourth-order valence-electron chi connectivity index (χ4n) is 2.26. The highest BCUT2D eigenvalue weighted by molar-refractivity contribution is 6.43. The molecule has 0 bridgehead atoms. The van der Waals surface area contributed by atoms with Crippen LogP contribution in [0.3, 0.4) is 0 Å². The molecule has 0 fully saturated rings. The number of H-pyrrole nitrogens is 1. The zero-order valence-electron chi connectivity index (χ0n) is 11.3. The lowest BCUT2D eigenvalue weighted by atomic mass is 10.00. The number of nitrogens with one attached hydrogen (secondary N) is 1. The number of halogens is 2. The Labute approximate surface area is 132 Å². The van der Waals surface area contributed by atoms with E-state index in [2.05, 4.69) is 10.2 Å². The molecule has 3 nitrogen and oxygen atoms in total. The van der Waals surface area contributed by atoms with Gasteiger partial charge in [-0.3, -0.25) is 5.10 Å². The fraction of sp³-hybridized carbons (Fsp3) is 0.0625. The predicted molar refractivity (Wildman–Crippen MR) is 88.6 cm³/mol. The number of aromatic nitrogens is 2. The van der Waals surface area contributed by atoms with E-state index in [-0.39, 0.29) is 0 Å². The number of benzene rings is 2. The highest BCUT2D eigenvalue weighted by Gasteiger charge is 2.17. The number of aryl methyl sites for hydroxylation is 1. The van der Waals surface area contributed by atoms with Crippen molar-refractivity contribution in [2.45, 2.75) is 6.92 Å². The molecule has 1 aromatic heterocycles. The SMILES string of the molecule is Cc1ccc(-c2c(N)n[nH]c2-c2cccc(Cl)c2Cl)cc1. The first-order chi connectivity index (χ1) is 10.1. The number of nitrogens with zero attached hydrogens (tertiary/aromatic N) is 1. The van der Waals surface area contributed by atoms with Crippen molar-refractivity contribution in [2.75, 3.05) is 5.73 Å². The van der Waals surface area contributed by atoms with Crippen LogP contribution in [-0.2, 0) is 0 Å². The van der Waals surface area contributed by atoms with Gasteiger partial charge in [-0.25, -0.2) is 0 Å². The Morgan fingerprint density at radius 3 is 2.48 bits per heavy atom. The Kier molecular flexibility index (Phi) is 3.62. The van der Waals surface area contributed by atoms with Crippen molar-refractivity contribution in [2.24, 2.45) is 0 Å². The summed E-state index contributed by atoms with van der Waals surface area (Å²) in [7, 11) is 0. The fourth-order valence-corrected chi connectivity index (χ4v) is 2.66. The van der Waals surface area contributed by atoms with Crippen LogP contribution in [0.15, 0.2) is 42.5 Å². The minimum Gasteiger partial charge on any atom is -0.382 e. The zero-order valence-corrected chi connectivity index (χ0v) is 12.8. The standard InChI is InChI=1S/C16H13Cl2N3/c1-9-5-7-10(8-6-9)13-15(20-21-16(13)19)11-3-2-4-12(17)14(11)18/h2-8H,1H3,(H3,19,20,21). The van der Waals surface area contributed by atoms with Crippen molar-refractivity contribution in [3.8, 4) is 22.4 Å². The summed E-state index contributed by atoms with van der Waals surface area (Å²) in [4.78, 5) is 0. The van der Waals surface area contributed by atoms with Crippen molar-refractivity contribution in [1.82, 2.24) is 10.2 Å². The molecule has 0 aliphatic carbocycles. The van der Waals surface area contributed by atoms with Crippen LogP contribution in [0.4, 0.5) is 5.82 Å². The highest BCUT2D eigenvalue weighted by atomic mass is 35.5. The lowest BCUT2D eigenvalue weighted by Crippen LogP contribution is -1.89. The van der Waals surface area contributed by atoms with Gasteiger partial charge in [0.2, 0.25) is 0 Å². The van der Waals surface area contributed by atoms with Crippen LogP contribution in [0.2, 0.25) is 10.0 Å². The van der Waals surface area contributed by atoms with Crippen molar-refractivity contribution < 1.29 is 0 Å². The van der Waals surface area contributed by atoms with Crippen molar-refractivity contribution in [3.63, 3.8) is 0 Å². The Morgan fingerprint density at radius 1 is 1.05 bits per heavy atom. The third-order valence-electron chi connectivity index (χ3n) is 3.36. The summed E-state index contributed by atoms with van der Waals surface area (Å²) in [5.41, 5.74) is 10.6. The van der Waals surface area contributed by atoms with E-state index < -0.39 is 0 Å². The predicted octanol–water partition coefficient (Wildman–Crippen LogP) is 4.94. The summed E-state index contributed by atoms with van der Waals surface area (Å²) in [5.74, 6) is 0.435. The van der Waals surface area contributed by atoms with Crippen LogP contribution < -0.4 is 5.73 Å². The van der Waals surface area contributed by atoms with E-state index in [1.807, 2.05) is 43.3 Å². The molecule has 0 saturated carbocycles. The van der Waals surface area contributed by atoms with E-state index in [0.29, 0.717) is 15.9 Å². The largest absolute Gasteiger partial charge is 0.382 e. The Bertz CT molecular complexity index is 792. The highest BCUT2D eigenvalue weighted by Crippen LogP contribution is 2.39. The number of nitrogen functional groups attached to an aromatic ring is 1. The summed E-state index contributed by atoms with van der Waals surface area (Å²) < 4.78 is 0. The van der Waals surface area contributed by atoms with Crippen molar-refractivity contribution in [3.05, 3.63) is 58.1 Å². The van der Waals surface area contributed by atoms with Crippen LogP contribution in [0.5, 0.6) is 0 Å². The van der Waals surface area contributed by atoms with Crippen LogP contribution in [-0.4, -0.2) is 10.2 Å². The zero-order chi connectivity index (χ0) is 15.0. The van der Waals surface area contributed by atoms with Gasteiger partial charge in [-0.2, -0.15) is 5.10 Å². The molecule has 0 amide bonds. The molecule has 0 atom stereocenters. The van der Waals surface area contributed by atoms with Gasteiger partial charge in [0.1, 0.15) is 0 Å². The van der Waals surface area contributed by atoms with Gasteiger partial charge in [0, 0.05) is 5.56 Å². The summed E-state index contributed by atoms with van der Waals surface area (Å²) in [5, 5.41) is 8.05. The van der Waals surface area contributed by atoms with Gasteiger partial charge >= 0.3 is 0 Å². The number of nitrogens with two attached hydrogens (primary N) is 1. The molecule has 0 radical (unpaired) electrons. The third kappa shape index (κ3) is 2.50. The molecule has 3 aromatic rings. The molecule has 0 aliphatic heterocycles. The average Bonchev–Trinajstić information content (AvgIpc) is 2.85. The quantitative estimate of drug-likeness (QED) is 0.703. The molecule has 21 heavy (non-hydrogen) atoms. The maximum absolute atomic E-state index is 6.30. The number of hydrogen-bond acceptors (Lipinski definition) is 2. The lowest BCUT2D eigenvalue weighted by molar-refractivity contribution is 1.10. The minimum absolute atomic E-state index is 0.435. The second kappa shape index (κ2) is 5.43. The van der Waals surface area contributed by atoms with Crippen LogP contribution >= 0.6 is 23.2 Å². The minimum atomic E-state index is 0.435.